The van der Waals surface area contributed by atoms with Gasteiger partial charge in [0.05, 0.1) is 18.9 Å². The van der Waals surface area contributed by atoms with E-state index in [-0.39, 0.29) is 12.5 Å². The number of carbonyl (C=O) groups excluding carboxylic acids is 1. The van der Waals surface area contributed by atoms with Crippen LogP contribution in [0.2, 0.25) is 0 Å². The highest BCUT2D eigenvalue weighted by Crippen LogP contribution is 2.25. The summed E-state index contributed by atoms with van der Waals surface area (Å²) in [6, 6.07) is 4.87. The van der Waals surface area contributed by atoms with Gasteiger partial charge in [-0.3, -0.25) is 9.79 Å². The predicted octanol–water partition coefficient (Wildman–Crippen LogP) is 2.58. The van der Waals surface area contributed by atoms with E-state index in [4.69, 9.17) is 19.9 Å². The Balaban J connectivity index is 2.20. The first-order valence-corrected chi connectivity index (χ1v) is 7.85. The molecule has 6 heteroatoms. The molecule has 0 bridgehead atoms. The third kappa shape index (κ3) is 6.52. The average Bonchev–Trinajstić information content (AvgIpc) is 2.59. The first-order valence-electron chi connectivity index (χ1n) is 7.85. The molecule has 1 aromatic carbocycles. The molecule has 1 atom stereocenters. The van der Waals surface area contributed by atoms with Gasteiger partial charge in [0, 0.05) is 5.56 Å². The second-order valence-electron chi connectivity index (χ2n) is 5.48. The van der Waals surface area contributed by atoms with Gasteiger partial charge in [0.15, 0.2) is 0 Å². The second kappa shape index (κ2) is 10.6. The Bertz CT molecular complexity index is 558. The summed E-state index contributed by atoms with van der Waals surface area (Å²) in [4.78, 5) is 15.4. The summed E-state index contributed by atoms with van der Waals surface area (Å²) in [6.45, 7) is 12.2. The highest BCUT2D eigenvalue weighted by molar-refractivity contribution is 5.75. The zero-order valence-electron chi connectivity index (χ0n) is 14.4. The van der Waals surface area contributed by atoms with Gasteiger partial charge in [0.1, 0.15) is 25.0 Å². The largest absolute Gasteiger partial charge is 0.491 e. The number of hydrogen-bond donors (Lipinski definition) is 1. The number of aliphatic imine (C=N–C) groups is 1. The van der Waals surface area contributed by atoms with Crippen LogP contribution in [0.4, 0.5) is 5.69 Å². The highest BCUT2D eigenvalue weighted by Gasteiger charge is 2.18. The molecular weight excluding hydrogens is 308 g/mol. The maximum atomic E-state index is 11.5. The lowest BCUT2D eigenvalue weighted by Crippen LogP contribution is -2.37. The maximum absolute atomic E-state index is 11.5. The van der Waals surface area contributed by atoms with E-state index in [1.54, 1.807) is 6.08 Å². The second-order valence-corrected chi connectivity index (χ2v) is 5.48. The van der Waals surface area contributed by atoms with Gasteiger partial charge in [-0.15, -0.1) is 0 Å². The molecule has 0 aliphatic heterocycles. The van der Waals surface area contributed by atoms with E-state index in [2.05, 4.69) is 18.3 Å². The summed E-state index contributed by atoms with van der Waals surface area (Å²) in [5.41, 5.74) is 7.30. The first kappa shape index (κ1) is 19.9. The van der Waals surface area contributed by atoms with E-state index in [9.17, 15) is 4.79 Å². The van der Waals surface area contributed by atoms with Gasteiger partial charge >= 0.3 is 5.97 Å². The molecule has 6 nitrogen and oxygen atoms in total. The summed E-state index contributed by atoms with van der Waals surface area (Å²) in [5.74, 6) is 0.350. The molecular formula is C18H26N2O4. The number of carbonyl (C=O) groups is 1. The topological polar surface area (TPSA) is 83.1 Å². The summed E-state index contributed by atoms with van der Waals surface area (Å²) < 4.78 is 16.0. The molecule has 0 aromatic heterocycles. The van der Waals surface area contributed by atoms with E-state index >= 15 is 0 Å². The minimum Gasteiger partial charge on any atom is -0.491 e. The molecule has 0 aliphatic carbocycles. The SMILES string of the molecule is C=Cc1cc(OCCOCCOC(=O)C(N)C(C)C)ccc1N=C. The molecule has 0 saturated carbocycles. The van der Waals surface area contributed by atoms with Gasteiger partial charge in [-0.1, -0.05) is 26.5 Å². The van der Waals surface area contributed by atoms with E-state index in [0.29, 0.717) is 25.6 Å². The summed E-state index contributed by atoms with van der Waals surface area (Å²) >= 11 is 0. The van der Waals surface area contributed by atoms with Crippen LogP contribution in [0.25, 0.3) is 6.08 Å². The van der Waals surface area contributed by atoms with Gasteiger partial charge in [0.2, 0.25) is 0 Å². The van der Waals surface area contributed by atoms with Crippen molar-refractivity contribution in [2.45, 2.75) is 19.9 Å². The van der Waals surface area contributed by atoms with Crippen molar-refractivity contribution in [1.82, 2.24) is 0 Å². The van der Waals surface area contributed by atoms with Gasteiger partial charge in [-0.2, -0.15) is 0 Å². The lowest BCUT2D eigenvalue weighted by Gasteiger charge is -2.14. The van der Waals surface area contributed by atoms with Gasteiger partial charge < -0.3 is 19.9 Å². The van der Waals surface area contributed by atoms with Crippen LogP contribution in [0.5, 0.6) is 5.75 Å². The normalized spacial score (nSPS) is 11.8. The fourth-order valence-electron chi connectivity index (χ4n) is 1.82. The number of nitrogens with two attached hydrogens (primary N) is 1. The number of rotatable bonds is 11. The minimum absolute atomic E-state index is 0.0509. The fraction of sp³-hybridized carbons (Fsp3) is 0.444. The Kier molecular flexibility index (Phi) is 8.75. The standard InChI is InChI=1S/C18H26N2O4/c1-5-14-12-15(6-7-16(14)20-4)23-10-8-22-9-11-24-18(21)17(19)13(2)3/h5-7,12-13,17H,1,4,8-11,19H2,2-3H3. The zero-order chi connectivity index (χ0) is 17.9. The van der Waals surface area contributed by atoms with Crippen LogP contribution in [0.15, 0.2) is 29.8 Å². The summed E-state index contributed by atoms with van der Waals surface area (Å²) in [6.07, 6.45) is 1.70. The number of hydrogen-bond acceptors (Lipinski definition) is 6. The molecule has 0 amide bonds. The number of nitrogens with zero attached hydrogens (tertiary/aromatic N) is 1. The smallest absolute Gasteiger partial charge is 0.323 e. The molecule has 0 aliphatic rings. The van der Waals surface area contributed by atoms with Crippen molar-refractivity contribution < 1.29 is 19.0 Å². The number of esters is 1. The van der Waals surface area contributed by atoms with Crippen LogP contribution in [0.3, 0.4) is 0 Å². The Hall–Kier alpha value is -2.18. The van der Waals surface area contributed by atoms with E-state index in [1.807, 2.05) is 32.0 Å². The zero-order valence-corrected chi connectivity index (χ0v) is 14.4. The fourth-order valence-corrected chi connectivity index (χ4v) is 1.82. The molecule has 24 heavy (non-hydrogen) atoms. The van der Waals surface area contributed by atoms with Crippen molar-refractivity contribution in [1.29, 1.82) is 0 Å². The molecule has 1 unspecified atom stereocenters. The van der Waals surface area contributed by atoms with Crippen molar-refractivity contribution in [2.24, 2.45) is 16.6 Å². The van der Waals surface area contributed by atoms with Crippen molar-refractivity contribution in [2.75, 3.05) is 26.4 Å². The highest BCUT2D eigenvalue weighted by atomic mass is 16.6. The van der Waals surface area contributed by atoms with Crippen LogP contribution >= 0.6 is 0 Å². The van der Waals surface area contributed by atoms with E-state index in [0.717, 1.165) is 11.3 Å². The molecule has 0 fully saturated rings. The molecule has 0 radical (unpaired) electrons. The molecule has 0 spiro atoms. The van der Waals surface area contributed by atoms with Gasteiger partial charge in [0.25, 0.3) is 0 Å². The van der Waals surface area contributed by atoms with E-state index < -0.39 is 12.0 Å². The molecule has 132 valence electrons. The van der Waals surface area contributed by atoms with Crippen LogP contribution in [0.1, 0.15) is 19.4 Å². The summed E-state index contributed by atoms with van der Waals surface area (Å²) in [7, 11) is 0. The van der Waals surface area contributed by atoms with Crippen molar-refractivity contribution >= 4 is 24.5 Å². The van der Waals surface area contributed by atoms with Crippen LogP contribution < -0.4 is 10.5 Å². The van der Waals surface area contributed by atoms with Gasteiger partial charge in [-0.05, 0) is 30.8 Å². The third-order valence-corrected chi connectivity index (χ3v) is 3.35. The van der Waals surface area contributed by atoms with Crippen LogP contribution in [-0.4, -0.2) is 45.2 Å². The van der Waals surface area contributed by atoms with Crippen molar-refractivity contribution in [3.8, 4) is 5.75 Å². The lowest BCUT2D eigenvalue weighted by molar-refractivity contribution is -0.147. The molecule has 1 rings (SSSR count). The molecule has 2 N–H and O–H groups in total. The average molecular weight is 334 g/mol. The molecule has 0 saturated heterocycles. The number of ether oxygens (including phenoxy) is 3. The maximum Gasteiger partial charge on any atom is 0.323 e. The van der Waals surface area contributed by atoms with Crippen LogP contribution in [-0.2, 0) is 14.3 Å². The Morgan fingerprint density at radius 1 is 1.29 bits per heavy atom. The third-order valence-electron chi connectivity index (χ3n) is 3.35. The number of benzene rings is 1. The lowest BCUT2D eigenvalue weighted by atomic mass is 10.1. The van der Waals surface area contributed by atoms with Crippen LogP contribution in [0, 0.1) is 5.92 Å². The van der Waals surface area contributed by atoms with Crippen molar-refractivity contribution in [3.05, 3.63) is 30.3 Å². The first-order chi connectivity index (χ1) is 11.5. The molecule has 1 aromatic rings. The Labute approximate surface area is 143 Å². The Morgan fingerprint density at radius 3 is 2.62 bits per heavy atom. The summed E-state index contributed by atoms with van der Waals surface area (Å²) in [5, 5.41) is 0. The van der Waals surface area contributed by atoms with E-state index in [1.165, 1.54) is 0 Å². The van der Waals surface area contributed by atoms with Gasteiger partial charge in [-0.25, -0.2) is 0 Å². The van der Waals surface area contributed by atoms with Crippen molar-refractivity contribution in [3.63, 3.8) is 0 Å². The predicted molar refractivity (Wildman–Crippen MR) is 95.8 cm³/mol. The monoisotopic (exact) mass is 334 g/mol. The Morgan fingerprint density at radius 2 is 2.00 bits per heavy atom. The molecule has 0 heterocycles. The minimum atomic E-state index is -0.597. The quantitative estimate of drug-likeness (QED) is 0.382.